The Balaban J connectivity index is 0. The summed E-state index contributed by atoms with van der Waals surface area (Å²) in [6.07, 6.45) is 9.23. The second kappa shape index (κ2) is 16.7. The monoisotopic (exact) mass is 345 g/mol. The van der Waals surface area contributed by atoms with Gasteiger partial charge in [-0.15, -0.1) is 0 Å². The number of carboxylic acids is 2. The zero-order valence-electron chi connectivity index (χ0n) is 16.1. The lowest BCUT2D eigenvalue weighted by Gasteiger charge is -2.15. The van der Waals surface area contributed by atoms with E-state index in [-0.39, 0.29) is 12.5 Å². The first-order chi connectivity index (χ1) is 11.2. The van der Waals surface area contributed by atoms with Crippen molar-refractivity contribution in [3.05, 3.63) is 0 Å². The summed E-state index contributed by atoms with van der Waals surface area (Å²) in [6, 6.07) is -0.177. The zero-order valence-corrected chi connectivity index (χ0v) is 16.1. The Morgan fingerprint density at radius 2 is 1.38 bits per heavy atom. The number of unbranched alkanes of at least 4 members (excludes halogenated alkanes) is 2. The lowest BCUT2D eigenvalue weighted by molar-refractivity contribution is -0.138. The van der Waals surface area contributed by atoms with E-state index in [2.05, 4.69) is 27.7 Å². The summed E-state index contributed by atoms with van der Waals surface area (Å²) in [5.74, 6) is -0.344. The average molecular weight is 346 g/mol. The fourth-order valence-corrected chi connectivity index (χ4v) is 2.56. The van der Waals surface area contributed by atoms with Gasteiger partial charge in [-0.3, -0.25) is 9.59 Å². The molecule has 5 nitrogen and oxygen atoms in total. The van der Waals surface area contributed by atoms with Gasteiger partial charge in [0.05, 0.1) is 6.42 Å². The summed E-state index contributed by atoms with van der Waals surface area (Å²) in [7, 11) is 0. The van der Waals surface area contributed by atoms with Crippen molar-refractivity contribution in [2.45, 2.75) is 97.9 Å². The van der Waals surface area contributed by atoms with Crippen molar-refractivity contribution in [3.8, 4) is 0 Å². The van der Waals surface area contributed by atoms with E-state index in [9.17, 15) is 9.59 Å². The van der Waals surface area contributed by atoms with Crippen molar-refractivity contribution in [2.24, 2.45) is 17.6 Å². The lowest BCUT2D eigenvalue weighted by Crippen LogP contribution is -2.25. The van der Waals surface area contributed by atoms with E-state index < -0.39 is 11.9 Å². The Morgan fingerprint density at radius 3 is 1.79 bits per heavy atom. The van der Waals surface area contributed by atoms with E-state index in [4.69, 9.17) is 15.9 Å². The van der Waals surface area contributed by atoms with Gasteiger partial charge in [-0.05, 0) is 24.7 Å². The summed E-state index contributed by atoms with van der Waals surface area (Å²) < 4.78 is 0. The summed E-state index contributed by atoms with van der Waals surface area (Å²) in [4.78, 5) is 20.5. The van der Waals surface area contributed by atoms with Crippen LogP contribution in [-0.2, 0) is 9.59 Å². The van der Waals surface area contributed by atoms with Crippen LogP contribution in [0.15, 0.2) is 0 Å². The molecule has 0 spiro atoms. The van der Waals surface area contributed by atoms with Crippen LogP contribution >= 0.6 is 0 Å². The van der Waals surface area contributed by atoms with E-state index in [1.807, 2.05) is 0 Å². The minimum absolute atomic E-state index is 0.0937. The van der Waals surface area contributed by atoms with Crippen molar-refractivity contribution in [1.29, 1.82) is 0 Å². The Bertz CT molecular complexity index is 320. The van der Waals surface area contributed by atoms with Gasteiger partial charge < -0.3 is 15.9 Å². The predicted octanol–water partition coefficient (Wildman–Crippen LogP) is 4.68. The van der Waals surface area contributed by atoms with Gasteiger partial charge in [-0.1, -0.05) is 66.2 Å². The van der Waals surface area contributed by atoms with Crippen LogP contribution in [0, 0.1) is 11.8 Å². The first kappa shape index (κ1) is 25.1. The van der Waals surface area contributed by atoms with E-state index >= 15 is 0 Å². The summed E-state index contributed by atoms with van der Waals surface area (Å²) in [5.41, 5.74) is 5.67. The smallest absolute Gasteiger partial charge is 0.304 e. The largest absolute Gasteiger partial charge is 0.481 e. The molecule has 0 heterocycles. The number of rotatable bonds is 13. The quantitative estimate of drug-likeness (QED) is 0.450. The number of hydrogen-bond donors (Lipinski definition) is 3. The molecule has 0 radical (unpaired) electrons. The molecule has 0 aromatic heterocycles. The molecule has 5 heteroatoms. The highest BCUT2D eigenvalue weighted by Crippen LogP contribution is 2.14. The number of carboxylic acid groups (broad SMARTS) is 2. The number of nitrogens with two attached hydrogens (primary N) is 1. The minimum Gasteiger partial charge on any atom is -0.481 e. The summed E-state index contributed by atoms with van der Waals surface area (Å²) >= 11 is 0. The molecule has 144 valence electrons. The average Bonchev–Trinajstić information content (AvgIpc) is 2.48. The summed E-state index contributed by atoms with van der Waals surface area (Å²) in [5, 5.41) is 16.9. The third-order valence-corrected chi connectivity index (χ3v) is 4.09. The molecule has 0 aromatic rings. The van der Waals surface area contributed by atoms with Gasteiger partial charge >= 0.3 is 11.9 Å². The molecule has 0 bridgehead atoms. The number of hydrogen-bond acceptors (Lipinski definition) is 3. The fourth-order valence-electron chi connectivity index (χ4n) is 2.56. The summed E-state index contributed by atoms with van der Waals surface area (Å²) in [6.45, 7) is 8.57. The molecular formula is C19H39NO4. The van der Waals surface area contributed by atoms with Gasteiger partial charge in [0.25, 0.3) is 0 Å². The maximum Gasteiger partial charge on any atom is 0.304 e. The van der Waals surface area contributed by atoms with Crippen molar-refractivity contribution in [3.63, 3.8) is 0 Å². The first-order valence-corrected chi connectivity index (χ1v) is 9.41. The highest BCUT2D eigenvalue weighted by atomic mass is 16.4. The standard InChI is InChI=1S/C10H21NO2.C9H18O2/c1-3-4-5-8(2)6-9(11)7-10(12)13;1-3-4-5-8(2)6-7-9(10)11/h8-9H,3-7,11H2,1-2H3,(H,12,13);8H,3-7H2,1-2H3,(H,10,11)/t8-,9+;8-/m11/s1. The van der Waals surface area contributed by atoms with Gasteiger partial charge in [0.2, 0.25) is 0 Å². The van der Waals surface area contributed by atoms with Crippen molar-refractivity contribution < 1.29 is 19.8 Å². The van der Waals surface area contributed by atoms with Crippen LogP contribution in [0.4, 0.5) is 0 Å². The van der Waals surface area contributed by atoms with E-state index in [1.165, 1.54) is 32.1 Å². The normalized spacial score (nSPS) is 14.2. The Morgan fingerprint density at radius 1 is 0.875 bits per heavy atom. The molecule has 0 fully saturated rings. The second-order valence-electron chi connectivity index (χ2n) is 7.02. The Hall–Kier alpha value is -1.10. The maximum atomic E-state index is 10.3. The molecule has 24 heavy (non-hydrogen) atoms. The van der Waals surface area contributed by atoms with Crippen LogP contribution in [0.1, 0.15) is 91.9 Å². The molecule has 0 amide bonds. The third kappa shape index (κ3) is 20.9. The lowest BCUT2D eigenvalue weighted by atomic mass is 9.95. The topological polar surface area (TPSA) is 101 Å². The molecule has 0 aliphatic carbocycles. The molecule has 0 aliphatic heterocycles. The highest BCUT2D eigenvalue weighted by molar-refractivity contribution is 5.67. The van der Waals surface area contributed by atoms with Crippen molar-refractivity contribution >= 4 is 11.9 Å². The van der Waals surface area contributed by atoms with Gasteiger partial charge in [-0.25, -0.2) is 0 Å². The maximum absolute atomic E-state index is 10.3. The van der Waals surface area contributed by atoms with Gasteiger partial charge in [0, 0.05) is 12.5 Å². The predicted molar refractivity (Wildman–Crippen MR) is 99.1 cm³/mol. The second-order valence-corrected chi connectivity index (χ2v) is 7.02. The van der Waals surface area contributed by atoms with Crippen LogP contribution in [-0.4, -0.2) is 28.2 Å². The number of carbonyl (C=O) groups is 2. The van der Waals surface area contributed by atoms with Crippen LogP contribution in [0.2, 0.25) is 0 Å². The molecule has 0 unspecified atom stereocenters. The van der Waals surface area contributed by atoms with E-state index in [0.29, 0.717) is 18.3 Å². The molecule has 0 rings (SSSR count). The van der Waals surface area contributed by atoms with Crippen LogP contribution in [0.5, 0.6) is 0 Å². The van der Waals surface area contributed by atoms with E-state index in [1.54, 1.807) is 0 Å². The highest BCUT2D eigenvalue weighted by Gasteiger charge is 2.11. The Kier molecular flexibility index (Phi) is 17.5. The molecule has 0 saturated carbocycles. The Labute approximate surface area is 148 Å². The van der Waals surface area contributed by atoms with Crippen LogP contribution < -0.4 is 5.73 Å². The third-order valence-electron chi connectivity index (χ3n) is 4.09. The van der Waals surface area contributed by atoms with Crippen molar-refractivity contribution in [2.75, 3.05) is 0 Å². The van der Waals surface area contributed by atoms with Crippen molar-refractivity contribution in [1.82, 2.24) is 0 Å². The first-order valence-electron chi connectivity index (χ1n) is 9.41. The van der Waals surface area contributed by atoms with Crippen LogP contribution in [0.25, 0.3) is 0 Å². The molecule has 0 aromatic carbocycles. The molecule has 0 saturated heterocycles. The van der Waals surface area contributed by atoms with Crippen LogP contribution in [0.3, 0.4) is 0 Å². The molecule has 3 atom stereocenters. The molecule has 4 N–H and O–H groups in total. The van der Waals surface area contributed by atoms with E-state index in [0.717, 1.165) is 19.3 Å². The van der Waals surface area contributed by atoms with Gasteiger partial charge in [-0.2, -0.15) is 0 Å². The fraction of sp³-hybridized carbons (Fsp3) is 0.895. The minimum atomic E-state index is -0.796. The van der Waals surface area contributed by atoms with Gasteiger partial charge in [0.1, 0.15) is 0 Å². The van der Waals surface area contributed by atoms with Gasteiger partial charge in [0.15, 0.2) is 0 Å². The molecular weight excluding hydrogens is 306 g/mol. The zero-order chi connectivity index (χ0) is 19.0. The SMILES string of the molecule is CCCC[C@@H](C)CCC(=O)O.CCCC[C@@H](C)C[C@H](N)CC(=O)O. The molecule has 0 aliphatic rings. The number of aliphatic carboxylic acids is 2.